The van der Waals surface area contributed by atoms with Crippen LogP contribution in [0.3, 0.4) is 0 Å². The molecule has 3 heteroatoms. The monoisotopic (exact) mass is 279 g/mol. The zero-order chi connectivity index (χ0) is 14.4. The molecule has 0 spiro atoms. The zero-order valence-corrected chi connectivity index (χ0v) is 12.4. The van der Waals surface area contributed by atoms with Crippen LogP contribution in [0.5, 0.6) is 0 Å². The van der Waals surface area contributed by atoms with Crippen molar-refractivity contribution < 1.29 is 9.50 Å². The summed E-state index contributed by atoms with van der Waals surface area (Å²) in [5, 5.41) is 10.2. The molecule has 1 aromatic rings. The lowest BCUT2D eigenvalue weighted by atomic mass is 10.0. The molecule has 0 amide bonds. The molecule has 1 aliphatic rings. The van der Waals surface area contributed by atoms with Gasteiger partial charge in [0.1, 0.15) is 5.82 Å². The Morgan fingerprint density at radius 3 is 2.35 bits per heavy atom. The van der Waals surface area contributed by atoms with Crippen molar-refractivity contribution in [2.45, 2.75) is 57.1 Å². The molecule has 0 heterocycles. The van der Waals surface area contributed by atoms with Crippen molar-refractivity contribution in [2.24, 2.45) is 0 Å². The summed E-state index contributed by atoms with van der Waals surface area (Å²) in [6, 6.07) is 6.83. The van der Waals surface area contributed by atoms with Crippen molar-refractivity contribution in [2.75, 3.05) is 13.6 Å². The predicted octanol–water partition coefficient (Wildman–Crippen LogP) is 3.90. The standard InChI is InChI=1S/C17H26FNO/c1-19(16-6-4-2-3-5-7-16)13-12-17(20)14-8-10-15(18)11-9-14/h8-11,16-17,20H,2-7,12-13H2,1H3. The zero-order valence-electron chi connectivity index (χ0n) is 12.4. The first-order valence-electron chi connectivity index (χ1n) is 7.80. The Bertz CT molecular complexity index is 384. The molecule has 112 valence electrons. The number of benzene rings is 1. The highest BCUT2D eigenvalue weighted by molar-refractivity contribution is 5.18. The molecule has 0 aliphatic heterocycles. The first-order chi connectivity index (χ1) is 9.66. The van der Waals surface area contributed by atoms with Gasteiger partial charge in [-0.3, -0.25) is 0 Å². The highest BCUT2D eigenvalue weighted by Crippen LogP contribution is 2.23. The number of hydrogen-bond acceptors (Lipinski definition) is 2. The highest BCUT2D eigenvalue weighted by Gasteiger charge is 2.18. The van der Waals surface area contributed by atoms with Crippen LogP contribution in [-0.2, 0) is 0 Å². The number of aliphatic hydroxyl groups is 1. The summed E-state index contributed by atoms with van der Waals surface area (Å²) >= 11 is 0. The summed E-state index contributed by atoms with van der Waals surface area (Å²) in [6.07, 6.45) is 8.16. The van der Waals surface area contributed by atoms with E-state index in [1.807, 2.05) is 0 Å². The Hall–Kier alpha value is -0.930. The van der Waals surface area contributed by atoms with E-state index in [0.717, 1.165) is 12.1 Å². The molecule has 2 nitrogen and oxygen atoms in total. The molecule has 1 aromatic carbocycles. The molecule has 1 unspecified atom stereocenters. The lowest BCUT2D eigenvalue weighted by Gasteiger charge is -2.27. The Labute approximate surface area is 121 Å². The maximum absolute atomic E-state index is 12.9. The Kier molecular flexibility index (Phi) is 5.99. The second-order valence-electron chi connectivity index (χ2n) is 5.98. The van der Waals surface area contributed by atoms with Gasteiger partial charge in [-0.25, -0.2) is 4.39 Å². The smallest absolute Gasteiger partial charge is 0.123 e. The lowest BCUT2D eigenvalue weighted by molar-refractivity contribution is 0.132. The van der Waals surface area contributed by atoms with Crippen LogP contribution in [0, 0.1) is 5.82 Å². The fourth-order valence-corrected chi connectivity index (χ4v) is 3.06. The van der Waals surface area contributed by atoms with Crippen LogP contribution in [0.1, 0.15) is 56.6 Å². The average molecular weight is 279 g/mol. The third-order valence-corrected chi connectivity index (χ3v) is 4.46. The van der Waals surface area contributed by atoms with Gasteiger partial charge in [-0.05, 0) is 44.0 Å². The minimum atomic E-state index is -0.496. The van der Waals surface area contributed by atoms with Crippen molar-refractivity contribution >= 4 is 0 Å². The van der Waals surface area contributed by atoms with Crippen LogP contribution < -0.4 is 0 Å². The van der Waals surface area contributed by atoms with E-state index in [-0.39, 0.29) is 5.82 Å². The summed E-state index contributed by atoms with van der Waals surface area (Å²) in [7, 11) is 2.16. The van der Waals surface area contributed by atoms with E-state index >= 15 is 0 Å². The van der Waals surface area contributed by atoms with Gasteiger partial charge in [0.05, 0.1) is 6.10 Å². The van der Waals surface area contributed by atoms with Crippen molar-refractivity contribution in [3.63, 3.8) is 0 Å². The van der Waals surface area contributed by atoms with Crippen molar-refractivity contribution in [1.29, 1.82) is 0 Å². The van der Waals surface area contributed by atoms with Gasteiger partial charge in [0, 0.05) is 12.6 Å². The molecule has 0 aromatic heterocycles. The minimum absolute atomic E-state index is 0.253. The normalized spacial score (nSPS) is 19.0. The number of nitrogens with zero attached hydrogens (tertiary/aromatic N) is 1. The Balaban J connectivity index is 1.79. The molecule has 1 aliphatic carbocycles. The van der Waals surface area contributed by atoms with Gasteiger partial charge in [-0.15, -0.1) is 0 Å². The van der Waals surface area contributed by atoms with Gasteiger partial charge >= 0.3 is 0 Å². The molecule has 0 radical (unpaired) electrons. The Morgan fingerprint density at radius 2 is 1.75 bits per heavy atom. The molecule has 20 heavy (non-hydrogen) atoms. The average Bonchev–Trinajstić information content (AvgIpc) is 2.74. The molecule has 2 rings (SSSR count). The van der Waals surface area contributed by atoms with Crippen LogP contribution in [0.25, 0.3) is 0 Å². The van der Waals surface area contributed by atoms with Gasteiger partial charge in [-0.1, -0.05) is 37.8 Å². The van der Waals surface area contributed by atoms with Crippen LogP contribution in [0.15, 0.2) is 24.3 Å². The molecular formula is C17H26FNO. The number of hydrogen-bond donors (Lipinski definition) is 1. The number of aliphatic hydroxyl groups excluding tert-OH is 1. The van der Waals surface area contributed by atoms with E-state index < -0.39 is 6.10 Å². The van der Waals surface area contributed by atoms with Gasteiger partial charge in [0.25, 0.3) is 0 Å². The van der Waals surface area contributed by atoms with Gasteiger partial charge in [-0.2, -0.15) is 0 Å². The predicted molar refractivity (Wildman–Crippen MR) is 80.1 cm³/mol. The number of rotatable bonds is 5. The van der Waals surface area contributed by atoms with Crippen LogP contribution in [-0.4, -0.2) is 29.6 Å². The molecule has 0 saturated heterocycles. The van der Waals surface area contributed by atoms with Crippen LogP contribution >= 0.6 is 0 Å². The van der Waals surface area contributed by atoms with Crippen molar-refractivity contribution in [1.82, 2.24) is 4.90 Å². The van der Waals surface area contributed by atoms with E-state index in [4.69, 9.17) is 0 Å². The van der Waals surface area contributed by atoms with Gasteiger partial charge < -0.3 is 10.0 Å². The Morgan fingerprint density at radius 1 is 1.15 bits per heavy atom. The summed E-state index contributed by atoms with van der Waals surface area (Å²) in [6.45, 7) is 0.892. The van der Waals surface area contributed by atoms with E-state index in [9.17, 15) is 9.50 Å². The van der Waals surface area contributed by atoms with E-state index in [1.54, 1.807) is 12.1 Å². The van der Waals surface area contributed by atoms with E-state index in [0.29, 0.717) is 12.5 Å². The largest absolute Gasteiger partial charge is 0.388 e. The first-order valence-corrected chi connectivity index (χ1v) is 7.80. The topological polar surface area (TPSA) is 23.5 Å². The fraction of sp³-hybridized carbons (Fsp3) is 0.647. The maximum Gasteiger partial charge on any atom is 0.123 e. The second kappa shape index (κ2) is 7.75. The van der Waals surface area contributed by atoms with Crippen LogP contribution in [0.2, 0.25) is 0 Å². The molecule has 0 bridgehead atoms. The fourth-order valence-electron chi connectivity index (χ4n) is 3.06. The summed E-state index contributed by atoms with van der Waals surface area (Å²) in [4.78, 5) is 2.39. The van der Waals surface area contributed by atoms with Crippen molar-refractivity contribution in [3.05, 3.63) is 35.6 Å². The third-order valence-electron chi connectivity index (χ3n) is 4.46. The highest BCUT2D eigenvalue weighted by atomic mass is 19.1. The van der Waals surface area contributed by atoms with Gasteiger partial charge in [0.15, 0.2) is 0 Å². The second-order valence-corrected chi connectivity index (χ2v) is 5.98. The molecular weight excluding hydrogens is 253 g/mol. The van der Waals surface area contributed by atoms with E-state index in [1.165, 1.54) is 50.7 Å². The molecule has 1 atom stereocenters. The molecule has 1 saturated carbocycles. The molecule has 1 N–H and O–H groups in total. The minimum Gasteiger partial charge on any atom is -0.388 e. The maximum atomic E-state index is 12.9. The van der Waals surface area contributed by atoms with Crippen LogP contribution in [0.4, 0.5) is 4.39 Å². The number of halogens is 1. The lowest BCUT2D eigenvalue weighted by Crippen LogP contribution is -2.32. The first kappa shape index (κ1) is 15.5. The summed E-state index contributed by atoms with van der Waals surface area (Å²) in [5.74, 6) is -0.253. The van der Waals surface area contributed by atoms with Gasteiger partial charge in [0.2, 0.25) is 0 Å². The quantitative estimate of drug-likeness (QED) is 0.826. The summed E-state index contributed by atoms with van der Waals surface area (Å²) in [5.41, 5.74) is 0.806. The summed E-state index contributed by atoms with van der Waals surface area (Å²) < 4.78 is 12.9. The van der Waals surface area contributed by atoms with Crippen molar-refractivity contribution in [3.8, 4) is 0 Å². The molecule has 1 fully saturated rings. The van der Waals surface area contributed by atoms with E-state index in [2.05, 4.69) is 11.9 Å². The SMILES string of the molecule is CN(CCC(O)c1ccc(F)cc1)C1CCCCCC1. The third kappa shape index (κ3) is 4.57.